The van der Waals surface area contributed by atoms with Gasteiger partial charge in [0.15, 0.2) is 24.4 Å². The molecule has 10 nitrogen and oxygen atoms in total. The molecular formula is C16H22O10. The highest BCUT2D eigenvalue weighted by Crippen LogP contribution is 2.31. The average Bonchev–Trinajstić information content (AvgIpc) is 2.50. The van der Waals surface area contributed by atoms with Crippen molar-refractivity contribution in [1.29, 1.82) is 0 Å². The monoisotopic (exact) mass is 374 g/mol. The van der Waals surface area contributed by atoms with Crippen LogP contribution in [0.4, 0.5) is 0 Å². The second-order valence-electron chi connectivity index (χ2n) is 5.75. The van der Waals surface area contributed by atoms with Crippen LogP contribution in [0.5, 0.6) is 0 Å². The number of ketones is 1. The lowest BCUT2D eigenvalue weighted by Crippen LogP contribution is -2.63. The van der Waals surface area contributed by atoms with Gasteiger partial charge in [-0.1, -0.05) is 0 Å². The normalized spacial score (nSPS) is 27.8. The van der Waals surface area contributed by atoms with E-state index in [1.807, 2.05) is 0 Å². The van der Waals surface area contributed by atoms with Crippen molar-refractivity contribution < 1.29 is 47.7 Å². The third kappa shape index (κ3) is 5.80. The van der Waals surface area contributed by atoms with Crippen LogP contribution in [-0.4, -0.2) is 67.3 Å². The number of hydrogen-bond acceptors (Lipinski definition) is 10. The highest BCUT2D eigenvalue weighted by atomic mass is 16.7. The molecule has 1 aliphatic rings. The summed E-state index contributed by atoms with van der Waals surface area (Å²) in [6, 6.07) is 0. The van der Waals surface area contributed by atoms with E-state index < -0.39 is 54.4 Å². The van der Waals surface area contributed by atoms with Crippen molar-refractivity contribution >= 4 is 29.7 Å². The van der Waals surface area contributed by atoms with Crippen LogP contribution in [0, 0.1) is 0 Å². The van der Waals surface area contributed by atoms with E-state index >= 15 is 0 Å². The zero-order valence-corrected chi connectivity index (χ0v) is 15.2. The van der Waals surface area contributed by atoms with Crippen molar-refractivity contribution in [2.24, 2.45) is 0 Å². The standard InChI is InChI=1S/C16H22O10/c1-7(17)6-11-12(23-8(2)18)13(24-9(3)19)14(25-10(4)20)15(26-11)16(21)22-5/h11-15H,6H2,1-5H3/t11?,12-,13+,14-,15-/m0/s1. The second kappa shape index (κ2) is 9.27. The summed E-state index contributed by atoms with van der Waals surface area (Å²) in [5.41, 5.74) is 0. The van der Waals surface area contributed by atoms with Gasteiger partial charge in [0.25, 0.3) is 0 Å². The summed E-state index contributed by atoms with van der Waals surface area (Å²) in [6.07, 6.45) is -6.83. The van der Waals surface area contributed by atoms with Crippen molar-refractivity contribution in [1.82, 2.24) is 0 Å². The van der Waals surface area contributed by atoms with E-state index in [0.29, 0.717) is 0 Å². The topological polar surface area (TPSA) is 132 Å². The minimum atomic E-state index is -1.47. The zero-order chi connectivity index (χ0) is 20.0. The van der Waals surface area contributed by atoms with Gasteiger partial charge < -0.3 is 23.7 Å². The third-order valence-corrected chi connectivity index (χ3v) is 3.46. The summed E-state index contributed by atoms with van der Waals surface area (Å²) in [7, 11) is 1.09. The van der Waals surface area contributed by atoms with Gasteiger partial charge in [0.1, 0.15) is 11.9 Å². The highest BCUT2D eigenvalue weighted by molar-refractivity contribution is 5.78. The number of Topliss-reactive ketones (excluding diaryl/α,β-unsaturated/α-hetero) is 1. The second-order valence-corrected chi connectivity index (χ2v) is 5.75. The van der Waals surface area contributed by atoms with Crippen LogP contribution < -0.4 is 0 Å². The van der Waals surface area contributed by atoms with E-state index in [4.69, 9.17) is 18.9 Å². The molecule has 26 heavy (non-hydrogen) atoms. The van der Waals surface area contributed by atoms with Crippen LogP contribution in [0.15, 0.2) is 0 Å². The van der Waals surface area contributed by atoms with Gasteiger partial charge in [-0.2, -0.15) is 0 Å². The molecule has 0 spiro atoms. The number of ether oxygens (including phenoxy) is 5. The Labute approximate surface area is 150 Å². The predicted octanol–water partition coefficient (Wildman–Crippen LogP) is -0.299. The van der Waals surface area contributed by atoms with Crippen LogP contribution in [0.25, 0.3) is 0 Å². The lowest BCUT2D eigenvalue weighted by Gasteiger charge is -2.43. The molecule has 1 unspecified atom stereocenters. The maximum atomic E-state index is 12.1. The van der Waals surface area contributed by atoms with E-state index in [0.717, 1.165) is 27.9 Å². The SMILES string of the molecule is COC(=O)[C@H]1OC(CC(C)=O)[C@H](OC(C)=O)[C@@H](OC(C)=O)[C@@H]1OC(C)=O. The fourth-order valence-corrected chi connectivity index (χ4v) is 2.65. The summed E-state index contributed by atoms with van der Waals surface area (Å²) in [5, 5.41) is 0. The molecule has 0 N–H and O–H groups in total. The van der Waals surface area contributed by atoms with Gasteiger partial charge in [0, 0.05) is 27.2 Å². The van der Waals surface area contributed by atoms with E-state index in [-0.39, 0.29) is 12.2 Å². The molecule has 1 rings (SSSR count). The number of esters is 4. The number of methoxy groups -OCH3 is 1. The summed E-state index contributed by atoms with van der Waals surface area (Å²) in [4.78, 5) is 58.1. The first kappa shape index (κ1) is 21.6. The number of hydrogen-bond donors (Lipinski definition) is 0. The fourth-order valence-electron chi connectivity index (χ4n) is 2.65. The lowest BCUT2D eigenvalue weighted by molar-refractivity contribution is -0.248. The first-order valence-corrected chi connectivity index (χ1v) is 7.81. The van der Waals surface area contributed by atoms with Crippen molar-refractivity contribution in [3.63, 3.8) is 0 Å². The lowest BCUT2D eigenvalue weighted by atomic mass is 9.91. The van der Waals surface area contributed by atoms with Crippen molar-refractivity contribution in [2.45, 2.75) is 64.6 Å². The minimum absolute atomic E-state index is 0.226. The van der Waals surface area contributed by atoms with Gasteiger partial charge in [0.05, 0.1) is 7.11 Å². The molecular weight excluding hydrogens is 352 g/mol. The quantitative estimate of drug-likeness (QED) is 0.451. The Morgan fingerprint density at radius 2 is 1.23 bits per heavy atom. The van der Waals surface area contributed by atoms with Crippen LogP contribution in [0.1, 0.15) is 34.1 Å². The molecule has 0 aromatic carbocycles. The number of carbonyl (C=O) groups excluding carboxylic acids is 5. The largest absolute Gasteiger partial charge is 0.467 e. The van der Waals surface area contributed by atoms with Gasteiger partial charge in [0.2, 0.25) is 0 Å². The molecule has 0 radical (unpaired) electrons. The Morgan fingerprint density at radius 3 is 1.65 bits per heavy atom. The molecule has 1 saturated heterocycles. The van der Waals surface area contributed by atoms with Crippen molar-refractivity contribution in [2.75, 3.05) is 7.11 Å². The average molecular weight is 374 g/mol. The Balaban J connectivity index is 3.37. The van der Waals surface area contributed by atoms with Gasteiger partial charge in [-0.15, -0.1) is 0 Å². The highest BCUT2D eigenvalue weighted by Gasteiger charge is 2.54. The Bertz CT molecular complexity index is 584. The van der Waals surface area contributed by atoms with Crippen LogP contribution in [0.3, 0.4) is 0 Å². The molecule has 1 aliphatic heterocycles. The van der Waals surface area contributed by atoms with Gasteiger partial charge in [-0.3, -0.25) is 19.2 Å². The summed E-state index contributed by atoms with van der Waals surface area (Å²) < 4.78 is 25.6. The molecule has 0 aromatic rings. The smallest absolute Gasteiger partial charge is 0.339 e. The number of rotatable bonds is 6. The maximum Gasteiger partial charge on any atom is 0.339 e. The van der Waals surface area contributed by atoms with E-state index in [9.17, 15) is 24.0 Å². The molecule has 146 valence electrons. The molecule has 0 amide bonds. The summed E-state index contributed by atoms with van der Waals surface area (Å²) in [6.45, 7) is 4.57. The van der Waals surface area contributed by atoms with Gasteiger partial charge >= 0.3 is 23.9 Å². The summed E-state index contributed by atoms with van der Waals surface area (Å²) >= 11 is 0. The van der Waals surface area contributed by atoms with Crippen molar-refractivity contribution in [3.8, 4) is 0 Å². The van der Waals surface area contributed by atoms with Crippen LogP contribution in [0.2, 0.25) is 0 Å². The molecule has 0 aliphatic carbocycles. The van der Waals surface area contributed by atoms with E-state index in [2.05, 4.69) is 4.74 Å². The Morgan fingerprint density at radius 1 is 0.769 bits per heavy atom. The van der Waals surface area contributed by atoms with Gasteiger partial charge in [-0.25, -0.2) is 4.79 Å². The molecule has 0 aromatic heterocycles. The molecule has 10 heteroatoms. The Kier molecular flexibility index (Phi) is 7.69. The van der Waals surface area contributed by atoms with E-state index in [1.165, 1.54) is 6.92 Å². The molecule has 0 bridgehead atoms. The van der Waals surface area contributed by atoms with Crippen LogP contribution >= 0.6 is 0 Å². The fraction of sp³-hybridized carbons (Fsp3) is 0.688. The van der Waals surface area contributed by atoms with Crippen molar-refractivity contribution in [3.05, 3.63) is 0 Å². The Hall–Kier alpha value is -2.49. The third-order valence-electron chi connectivity index (χ3n) is 3.46. The number of carbonyl (C=O) groups is 5. The first-order valence-electron chi connectivity index (χ1n) is 7.81. The zero-order valence-electron chi connectivity index (χ0n) is 15.2. The molecule has 1 heterocycles. The predicted molar refractivity (Wildman–Crippen MR) is 82.6 cm³/mol. The first-order chi connectivity index (χ1) is 12.1. The summed E-state index contributed by atoms with van der Waals surface area (Å²) in [5.74, 6) is -3.50. The molecule has 0 saturated carbocycles. The van der Waals surface area contributed by atoms with E-state index in [1.54, 1.807) is 0 Å². The molecule has 5 atom stereocenters. The minimum Gasteiger partial charge on any atom is -0.467 e. The molecule has 1 fully saturated rings. The maximum absolute atomic E-state index is 12.1. The van der Waals surface area contributed by atoms with Crippen LogP contribution in [-0.2, 0) is 47.7 Å². The van der Waals surface area contributed by atoms with Gasteiger partial charge in [-0.05, 0) is 6.92 Å².